The van der Waals surface area contributed by atoms with Crippen molar-refractivity contribution >= 4 is 17.3 Å². The van der Waals surface area contributed by atoms with Crippen LogP contribution in [0.2, 0.25) is 0 Å². The van der Waals surface area contributed by atoms with E-state index >= 15 is 0 Å². The van der Waals surface area contributed by atoms with E-state index in [2.05, 4.69) is 33.7 Å². The van der Waals surface area contributed by atoms with E-state index in [0.29, 0.717) is 11.4 Å². The molecule has 0 radical (unpaired) electrons. The zero-order valence-corrected chi connectivity index (χ0v) is 14.2. The number of nitrogens with one attached hydrogen (secondary N) is 1. The summed E-state index contributed by atoms with van der Waals surface area (Å²) in [7, 11) is 0. The second kappa shape index (κ2) is 6.51. The lowest BCUT2D eigenvalue weighted by atomic mass is 10.0. The molecule has 25 heavy (non-hydrogen) atoms. The highest BCUT2D eigenvalue weighted by Crippen LogP contribution is 2.21. The van der Waals surface area contributed by atoms with Crippen LogP contribution in [-0.4, -0.2) is 21.0 Å². The Kier molecular flexibility index (Phi) is 4.06. The first-order valence-electron chi connectivity index (χ1n) is 8.63. The van der Waals surface area contributed by atoms with E-state index in [-0.39, 0.29) is 5.91 Å². The van der Waals surface area contributed by atoms with Gasteiger partial charge >= 0.3 is 0 Å². The molecule has 5 heteroatoms. The highest BCUT2D eigenvalue weighted by atomic mass is 16.2. The molecule has 4 rings (SSSR count). The number of pyridine rings is 1. The van der Waals surface area contributed by atoms with Crippen molar-refractivity contribution < 1.29 is 4.79 Å². The molecule has 2 heterocycles. The van der Waals surface area contributed by atoms with Gasteiger partial charge in [-0.2, -0.15) is 5.10 Å². The lowest BCUT2D eigenvalue weighted by Crippen LogP contribution is -2.22. The van der Waals surface area contributed by atoms with Crippen LogP contribution in [0.3, 0.4) is 0 Å². The van der Waals surface area contributed by atoms with E-state index in [0.717, 1.165) is 42.6 Å². The smallest absolute Gasteiger partial charge is 0.290 e. The monoisotopic (exact) mass is 332 g/mol. The van der Waals surface area contributed by atoms with Crippen LogP contribution in [0, 0.1) is 6.92 Å². The van der Waals surface area contributed by atoms with Gasteiger partial charge in [0.15, 0.2) is 0 Å². The van der Waals surface area contributed by atoms with Crippen molar-refractivity contribution in [2.24, 2.45) is 5.10 Å². The molecule has 2 aromatic heterocycles. The largest absolute Gasteiger partial charge is 0.295 e. The number of hydrogen-bond acceptors (Lipinski definition) is 3. The van der Waals surface area contributed by atoms with Crippen molar-refractivity contribution in [2.45, 2.75) is 32.6 Å². The number of benzene rings is 1. The zero-order chi connectivity index (χ0) is 17.2. The predicted octanol–water partition coefficient (Wildman–Crippen LogP) is 3.50. The van der Waals surface area contributed by atoms with E-state index in [1.165, 1.54) is 5.56 Å². The summed E-state index contributed by atoms with van der Waals surface area (Å²) in [5, 5.41) is 4.46. The number of imidazole rings is 1. The van der Waals surface area contributed by atoms with Crippen LogP contribution in [0.25, 0.3) is 5.65 Å². The number of fused-ring (bicyclic) bond motifs is 2. The van der Waals surface area contributed by atoms with Crippen molar-refractivity contribution in [2.75, 3.05) is 0 Å². The van der Waals surface area contributed by atoms with Crippen molar-refractivity contribution in [3.63, 3.8) is 0 Å². The summed E-state index contributed by atoms with van der Waals surface area (Å²) < 4.78 is 1.80. The Labute approximate surface area is 146 Å². The molecule has 0 fully saturated rings. The minimum absolute atomic E-state index is 0.231. The number of nitrogens with zero attached hydrogens (tertiary/aromatic N) is 3. The number of carbonyl (C=O) groups is 1. The Morgan fingerprint density at radius 3 is 2.84 bits per heavy atom. The summed E-state index contributed by atoms with van der Waals surface area (Å²) in [6.07, 6.45) is 6.02. The van der Waals surface area contributed by atoms with Gasteiger partial charge in [-0.15, -0.1) is 0 Å². The number of carbonyl (C=O) groups excluding carboxylic acids is 1. The molecule has 1 N–H and O–H groups in total. The van der Waals surface area contributed by atoms with E-state index in [9.17, 15) is 4.79 Å². The SMILES string of the molecule is Cc1nc2ccccn2c1C(=O)N/N=C1\CCCCc2ccccc21. The maximum absolute atomic E-state index is 12.7. The number of aryl methyl sites for hydroxylation is 2. The molecule has 0 unspecified atom stereocenters. The zero-order valence-electron chi connectivity index (χ0n) is 14.2. The molecular weight excluding hydrogens is 312 g/mol. The molecule has 5 nitrogen and oxygen atoms in total. The first-order chi connectivity index (χ1) is 12.2. The van der Waals surface area contributed by atoms with Gasteiger partial charge in [0.1, 0.15) is 11.3 Å². The third-order valence-corrected chi connectivity index (χ3v) is 4.65. The number of rotatable bonds is 2. The molecule has 1 aliphatic carbocycles. The fraction of sp³-hybridized carbons (Fsp3) is 0.250. The number of hydrogen-bond donors (Lipinski definition) is 1. The summed E-state index contributed by atoms with van der Waals surface area (Å²) in [5.74, 6) is -0.231. The Morgan fingerprint density at radius 2 is 1.92 bits per heavy atom. The lowest BCUT2D eigenvalue weighted by molar-refractivity contribution is 0.0948. The summed E-state index contributed by atoms with van der Waals surface area (Å²) in [6, 6.07) is 14.0. The predicted molar refractivity (Wildman–Crippen MR) is 97.9 cm³/mol. The average molecular weight is 332 g/mol. The van der Waals surface area contributed by atoms with Gasteiger partial charge in [-0.1, -0.05) is 30.3 Å². The van der Waals surface area contributed by atoms with Crippen molar-refractivity contribution in [3.05, 3.63) is 71.2 Å². The van der Waals surface area contributed by atoms with Gasteiger partial charge < -0.3 is 0 Å². The molecule has 0 saturated heterocycles. The van der Waals surface area contributed by atoms with Crippen LogP contribution in [0.1, 0.15) is 46.6 Å². The van der Waals surface area contributed by atoms with Crippen LogP contribution in [-0.2, 0) is 6.42 Å². The molecule has 1 aliphatic rings. The van der Waals surface area contributed by atoms with Gasteiger partial charge in [0.05, 0.1) is 11.4 Å². The Balaban J connectivity index is 1.65. The standard InChI is InChI=1S/C20H20N4O/c1-14-19(24-13-7-6-12-18(24)21-14)20(25)23-22-17-11-5-3-9-15-8-2-4-10-16(15)17/h2,4,6-8,10,12-13H,3,5,9,11H2,1H3,(H,23,25)/b22-17+. The first kappa shape index (κ1) is 15.6. The fourth-order valence-electron chi connectivity index (χ4n) is 3.44. The maximum Gasteiger partial charge on any atom is 0.290 e. The number of aromatic nitrogens is 2. The quantitative estimate of drug-likeness (QED) is 0.577. The molecule has 0 aliphatic heterocycles. The van der Waals surface area contributed by atoms with E-state index < -0.39 is 0 Å². The average Bonchev–Trinajstić information content (AvgIpc) is 2.83. The van der Waals surface area contributed by atoms with Crippen molar-refractivity contribution in [3.8, 4) is 0 Å². The van der Waals surface area contributed by atoms with Gasteiger partial charge in [-0.25, -0.2) is 10.4 Å². The number of hydrazone groups is 1. The Morgan fingerprint density at radius 1 is 1.12 bits per heavy atom. The molecule has 0 bridgehead atoms. The fourth-order valence-corrected chi connectivity index (χ4v) is 3.44. The van der Waals surface area contributed by atoms with E-state index in [1.807, 2.05) is 37.4 Å². The van der Waals surface area contributed by atoms with Crippen LogP contribution in [0.15, 0.2) is 53.8 Å². The molecule has 0 saturated carbocycles. The minimum atomic E-state index is -0.231. The first-order valence-corrected chi connectivity index (χ1v) is 8.63. The molecule has 1 amide bonds. The van der Waals surface area contributed by atoms with Crippen LogP contribution in [0.5, 0.6) is 0 Å². The van der Waals surface area contributed by atoms with Gasteiger partial charge in [0.25, 0.3) is 5.91 Å². The van der Waals surface area contributed by atoms with Gasteiger partial charge in [-0.3, -0.25) is 9.20 Å². The molecule has 0 atom stereocenters. The molecular formula is C20H20N4O. The normalized spacial score (nSPS) is 15.8. The summed E-state index contributed by atoms with van der Waals surface area (Å²) in [6.45, 7) is 1.84. The Bertz CT molecular complexity index is 971. The minimum Gasteiger partial charge on any atom is -0.295 e. The third kappa shape index (κ3) is 2.93. The molecule has 0 spiro atoms. The van der Waals surface area contributed by atoms with Gasteiger partial charge in [0.2, 0.25) is 0 Å². The summed E-state index contributed by atoms with van der Waals surface area (Å²) in [4.78, 5) is 17.1. The summed E-state index contributed by atoms with van der Waals surface area (Å²) in [5.41, 5.74) is 8.14. The maximum atomic E-state index is 12.7. The van der Waals surface area contributed by atoms with Crippen LogP contribution in [0.4, 0.5) is 0 Å². The summed E-state index contributed by atoms with van der Waals surface area (Å²) >= 11 is 0. The van der Waals surface area contributed by atoms with Gasteiger partial charge in [-0.05, 0) is 50.3 Å². The highest BCUT2D eigenvalue weighted by molar-refractivity contribution is 6.03. The Hall–Kier alpha value is -2.95. The lowest BCUT2D eigenvalue weighted by Gasteiger charge is -2.08. The molecule has 1 aromatic carbocycles. The molecule has 3 aromatic rings. The number of amides is 1. The van der Waals surface area contributed by atoms with Crippen LogP contribution >= 0.6 is 0 Å². The third-order valence-electron chi connectivity index (χ3n) is 4.65. The van der Waals surface area contributed by atoms with E-state index in [1.54, 1.807) is 4.40 Å². The topological polar surface area (TPSA) is 58.8 Å². The van der Waals surface area contributed by atoms with Gasteiger partial charge in [0, 0.05) is 11.8 Å². The van der Waals surface area contributed by atoms with Crippen molar-refractivity contribution in [1.82, 2.24) is 14.8 Å². The molecule has 126 valence electrons. The van der Waals surface area contributed by atoms with Crippen LogP contribution < -0.4 is 5.43 Å². The second-order valence-electron chi connectivity index (χ2n) is 6.34. The second-order valence-corrected chi connectivity index (χ2v) is 6.34. The van der Waals surface area contributed by atoms with Crippen molar-refractivity contribution in [1.29, 1.82) is 0 Å². The van der Waals surface area contributed by atoms with E-state index in [4.69, 9.17) is 0 Å². The highest BCUT2D eigenvalue weighted by Gasteiger charge is 2.17.